The standard InChI is InChI=1S/C16H23N5.HI/c1-13-5-7-15(8-6-13)20-16(17)19-9-3-4-11-21-12-10-18-14(21)2;/h5-8,10,12H,3-4,9,11H2,1-2H3,(H3,17,19,20);1H. The van der Waals surface area contributed by atoms with Gasteiger partial charge in [0, 0.05) is 31.2 Å². The first-order valence-electron chi connectivity index (χ1n) is 7.26. The van der Waals surface area contributed by atoms with Gasteiger partial charge in [-0.2, -0.15) is 0 Å². The number of nitrogens with two attached hydrogens (primary N) is 1. The van der Waals surface area contributed by atoms with Crippen LogP contribution in [0, 0.1) is 13.8 Å². The van der Waals surface area contributed by atoms with Crippen LogP contribution in [0.25, 0.3) is 0 Å². The van der Waals surface area contributed by atoms with Crippen molar-refractivity contribution in [1.82, 2.24) is 9.55 Å². The normalized spacial score (nSPS) is 11.1. The molecule has 5 nitrogen and oxygen atoms in total. The summed E-state index contributed by atoms with van der Waals surface area (Å²) in [5, 5.41) is 3.10. The van der Waals surface area contributed by atoms with Gasteiger partial charge in [-0.05, 0) is 38.8 Å². The van der Waals surface area contributed by atoms with Gasteiger partial charge in [-0.15, -0.1) is 24.0 Å². The first-order valence-corrected chi connectivity index (χ1v) is 7.26. The van der Waals surface area contributed by atoms with Crippen LogP contribution in [0.4, 0.5) is 5.69 Å². The minimum atomic E-state index is 0. The number of aromatic nitrogens is 2. The number of hydrogen-bond acceptors (Lipinski definition) is 2. The second-order valence-corrected chi connectivity index (χ2v) is 5.13. The number of halogens is 1. The van der Waals surface area contributed by atoms with Crippen molar-refractivity contribution in [3.8, 4) is 0 Å². The molecule has 120 valence electrons. The molecule has 0 saturated heterocycles. The van der Waals surface area contributed by atoms with Crippen LogP contribution in [0.15, 0.2) is 41.7 Å². The lowest BCUT2D eigenvalue weighted by Crippen LogP contribution is -2.22. The van der Waals surface area contributed by atoms with Crippen molar-refractivity contribution >= 4 is 35.6 Å². The Labute approximate surface area is 149 Å². The van der Waals surface area contributed by atoms with Gasteiger partial charge in [0.05, 0.1) is 0 Å². The van der Waals surface area contributed by atoms with Gasteiger partial charge in [0.25, 0.3) is 0 Å². The average molecular weight is 413 g/mol. The van der Waals surface area contributed by atoms with E-state index in [-0.39, 0.29) is 24.0 Å². The first kappa shape index (κ1) is 18.5. The molecule has 1 aromatic carbocycles. The molecule has 0 spiro atoms. The van der Waals surface area contributed by atoms with Crippen molar-refractivity contribution in [3.05, 3.63) is 48.0 Å². The third kappa shape index (κ3) is 6.05. The van der Waals surface area contributed by atoms with Gasteiger partial charge in [0.1, 0.15) is 5.82 Å². The molecule has 22 heavy (non-hydrogen) atoms. The second kappa shape index (κ2) is 9.45. The molecule has 0 aliphatic heterocycles. The van der Waals surface area contributed by atoms with Crippen molar-refractivity contribution in [2.45, 2.75) is 33.2 Å². The number of rotatable bonds is 6. The Morgan fingerprint density at radius 1 is 1.23 bits per heavy atom. The zero-order valence-electron chi connectivity index (χ0n) is 13.1. The van der Waals surface area contributed by atoms with E-state index in [1.54, 1.807) is 0 Å². The molecule has 0 aliphatic rings. The van der Waals surface area contributed by atoms with Crippen LogP contribution in [-0.2, 0) is 6.54 Å². The molecule has 6 heteroatoms. The van der Waals surface area contributed by atoms with Crippen LogP contribution >= 0.6 is 24.0 Å². The maximum absolute atomic E-state index is 5.87. The third-order valence-corrected chi connectivity index (χ3v) is 3.34. The number of benzene rings is 1. The number of anilines is 1. The summed E-state index contributed by atoms with van der Waals surface area (Å²) in [5.74, 6) is 1.52. The highest BCUT2D eigenvalue weighted by Crippen LogP contribution is 2.08. The van der Waals surface area contributed by atoms with Crippen LogP contribution in [-0.4, -0.2) is 22.1 Å². The summed E-state index contributed by atoms with van der Waals surface area (Å²) in [6.45, 7) is 5.79. The van der Waals surface area contributed by atoms with Crippen molar-refractivity contribution in [3.63, 3.8) is 0 Å². The lowest BCUT2D eigenvalue weighted by Gasteiger charge is -2.06. The Kier molecular flexibility index (Phi) is 7.94. The van der Waals surface area contributed by atoms with E-state index in [2.05, 4.69) is 26.8 Å². The van der Waals surface area contributed by atoms with Crippen LogP contribution in [0.2, 0.25) is 0 Å². The molecule has 0 saturated carbocycles. The number of guanidine groups is 1. The van der Waals surface area contributed by atoms with E-state index >= 15 is 0 Å². The maximum Gasteiger partial charge on any atom is 0.193 e. The molecule has 2 aromatic rings. The number of nitrogens with zero attached hydrogens (tertiary/aromatic N) is 3. The smallest absolute Gasteiger partial charge is 0.193 e. The van der Waals surface area contributed by atoms with Gasteiger partial charge in [-0.25, -0.2) is 4.98 Å². The number of aryl methyl sites for hydroxylation is 3. The van der Waals surface area contributed by atoms with Crippen LogP contribution in [0.1, 0.15) is 24.2 Å². The Morgan fingerprint density at radius 3 is 2.59 bits per heavy atom. The fourth-order valence-electron chi connectivity index (χ4n) is 2.06. The van der Waals surface area contributed by atoms with Gasteiger partial charge < -0.3 is 15.6 Å². The van der Waals surface area contributed by atoms with E-state index in [4.69, 9.17) is 5.73 Å². The van der Waals surface area contributed by atoms with Crippen LogP contribution in [0.3, 0.4) is 0 Å². The molecule has 2 rings (SSSR count). The van der Waals surface area contributed by atoms with E-state index in [1.165, 1.54) is 5.56 Å². The van der Waals surface area contributed by atoms with Gasteiger partial charge in [-0.3, -0.25) is 4.99 Å². The SMILES string of the molecule is Cc1ccc(NC(N)=NCCCCn2ccnc2C)cc1.I. The van der Waals surface area contributed by atoms with Gasteiger partial charge in [-0.1, -0.05) is 17.7 Å². The predicted molar refractivity (Wildman–Crippen MR) is 103 cm³/mol. The van der Waals surface area contributed by atoms with Crippen LogP contribution < -0.4 is 11.1 Å². The summed E-state index contributed by atoms with van der Waals surface area (Å²) in [5.41, 5.74) is 8.06. The van der Waals surface area contributed by atoms with Crippen LogP contribution in [0.5, 0.6) is 0 Å². The van der Waals surface area contributed by atoms with Gasteiger partial charge >= 0.3 is 0 Å². The monoisotopic (exact) mass is 413 g/mol. The topological polar surface area (TPSA) is 68.2 Å². The second-order valence-electron chi connectivity index (χ2n) is 5.13. The first-order chi connectivity index (χ1) is 10.1. The van der Waals surface area contributed by atoms with E-state index < -0.39 is 0 Å². The highest BCUT2D eigenvalue weighted by atomic mass is 127. The third-order valence-electron chi connectivity index (χ3n) is 3.34. The maximum atomic E-state index is 5.87. The molecular weight excluding hydrogens is 389 g/mol. The summed E-state index contributed by atoms with van der Waals surface area (Å²) < 4.78 is 2.15. The Morgan fingerprint density at radius 2 is 1.95 bits per heavy atom. The number of imidazole rings is 1. The number of unbranched alkanes of at least 4 members (excludes halogenated alkanes) is 1. The van der Waals surface area contributed by atoms with E-state index in [9.17, 15) is 0 Å². The molecule has 0 amide bonds. The molecule has 0 fully saturated rings. The minimum Gasteiger partial charge on any atom is -0.370 e. The number of nitrogens with one attached hydrogen (secondary N) is 1. The highest BCUT2D eigenvalue weighted by molar-refractivity contribution is 14.0. The largest absolute Gasteiger partial charge is 0.370 e. The molecule has 0 aliphatic carbocycles. The minimum absolute atomic E-state index is 0. The molecule has 0 radical (unpaired) electrons. The average Bonchev–Trinajstić information content (AvgIpc) is 2.87. The van der Waals surface area contributed by atoms with Gasteiger partial charge in [0.2, 0.25) is 0 Å². The van der Waals surface area contributed by atoms with E-state index in [1.807, 2.05) is 43.6 Å². The molecule has 0 unspecified atom stereocenters. The number of aliphatic imine (C=N–C) groups is 1. The molecule has 0 bridgehead atoms. The lowest BCUT2D eigenvalue weighted by atomic mass is 10.2. The number of hydrogen-bond donors (Lipinski definition) is 2. The van der Waals surface area contributed by atoms with Crippen molar-refractivity contribution in [1.29, 1.82) is 0 Å². The predicted octanol–water partition coefficient (Wildman–Crippen LogP) is 3.32. The quantitative estimate of drug-likeness (QED) is 0.331. The Bertz CT molecular complexity index is 589. The summed E-state index contributed by atoms with van der Waals surface area (Å²) in [4.78, 5) is 8.54. The Balaban J connectivity index is 0.00000242. The zero-order chi connectivity index (χ0) is 15.1. The summed E-state index contributed by atoms with van der Waals surface area (Å²) in [6, 6.07) is 8.09. The highest BCUT2D eigenvalue weighted by Gasteiger charge is 1.97. The summed E-state index contributed by atoms with van der Waals surface area (Å²) >= 11 is 0. The van der Waals surface area contributed by atoms with E-state index in [0.29, 0.717) is 5.96 Å². The zero-order valence-corrected chi connectivity index (χ0v) is 15.5. The fourth-order valence-corrected chi connectivity index (χ4v) is 2.06. The van der Waals surface area contributed by atoms with Crippen molar-refractivity contribution in [2.24, 2.45) is 10.7 Å². The Hall–Kier alpha value is -1.57. The molecule has 0 atom stereocenters. The van der Waals surface area contributed by atoms with E-state index in [0.717, 1.165) is 37.4 Å². The molecule has 3 N–H and O–H groups in total. The molecule has 1 aromatic heterocycles. The lowest BCUT2D eigenvalue weighted by molar-refractivity contribution is 0.602. The van der Waals surface area contributed by atoms with Gasteiger partial charge in [0.15, 0.2) is 5.96 Å². The van der Waals surface area contributed by atoms with Crippen molar-refractivity contribution < 1.29 is 0 Å². The van der Waals surface area contributed by atoms with Crippen molar-refractivity contribution in [2.75, 3.05) is 11.9 Å². The molecular formula is C16H24IN5. The fraction of sp³-hybridized carbons (Fsp3) is 0.375. The summed E-state index contributed by atoms with van der Waals surface area (Å²) in [7, 11) is 0. The molecule has 1 heterocycles. The summed E-state index contributed by atoms with van der Waals surface area (Å²) in [6.07, 6.45) is 5.91.